The fourth-order valence-electron chi connectivity index (χ4n) is 1.75. The van der Waals surface area contributed by atoms with Crippen LogP contribution < -0.4 is 10.0 Å². The molecule has 0 aromatic heterocycles. The summed E-state index contributed by atoms with van der Waals surface area (Å²) in [4.78, 5) is 11.3. The zero-order valence-corrected chi connectivity index (χ0v) is 10.4. The summed E-state index contributed by atoms with van der Waals surface area (Å²) in [6.45, 7) is -0.0455. The molecule has 2 N–H and O–H groups in total. The Morgan fingerprint density at radius 1 is 1.39 bits per heavy atom. The Bertz CT molecular complexity index is 629. The topological polar surface area (TPSA) is 75.3 Å². The minimum atomic E-state index is -3.57. The number of amides is 1. The van der Waals surface area contributed by atoms with Crippen molar-refractivity contribution in [2.75, 3.05) is 11.9 Å². The van der Waals surface area contributed by atoms with E-state index in [2.05, 4.69) is 16.0 Å². The Morgan fingerprint density at radius 2 is 2.17 bits per heavy atom. The number of carbonyl (C=O) groups is 1. The van der Waals surface area contributed by atoms with E-state index in [1.807, 2.05) is 0 Å². The van der Waals surface area contributed by atoms with Gasteiger partial charge >= 0.3 is 0 Å². The molecule has 94 valence electrons. The lowest BCUT2D eigenvalue weighted by atomic mass is 10.0. The number of benzene rings is 1. The number of rotatable bonds is 3. The van der Waals surface area contributed by atoms with Crippen LogP contribution in [-0.2, 0) is 21.2 Å². The third-order valence-corrected chi connectivity index (χ3v) is 4.05. The summed E-state index contributed by atoms with van der Waals surface area (Å²) in [6, 6.07) is 4.60. The van der Waals surface area contributed by atoms with Crippen LogP contribution in [0.15, 0.2) is 23.1 Å². The minimum absolute atomic E-state index is 0.0455. The van der Waals surface area contributed by atoms with Crippen molar-refractivity contribution in [3.63, 3.8) is 0 Å². The van der Waals surface area contributed by atoms with Gasteiger partial charge < -0.3 is 5.32 Å². The monoisotopic (exact) mass is 264 g/mol. The van der Waals surface area contributed by atoms with Gasteiger partial charge in [-0.2, -0.15) is 4.72 Å². The summed E-state index contributed by atoms with van der Waals surface area (Å²) in [5, 5.41) is 2.70. The summed E-state index contributed by atoms with van der Waals surface area (Å²) in [5.74, 6) is 2.16. The number of sulfonamides is 1. The van der Waals surface area contributed by atoms with Crippen molar-refractivity contribution in [2.24, 2.45) is 0 Å². The van der Waals surface area contributed by atoms with Crippen LogP contribution in [0.2, 0.25) is 0 Å². The van der Waals surface area contributed by atoms with Crippen LogP contribution >= 0.6 is 0 Å². The number of hydrogen-bond acceptors (Lipinski definition) is 3. The van der Waals surface area contributed by atoms with Crippen LogP contribution in [0.1, 0.15) is 12.0 Å². The lowest BCUT2D eigenvalue weighted by Gasteiger charge is -2.17. The second kappa shape index (κ2) is 4.80. The first kappa shape index (κ1) is 12.6. The summed E-state index contributed by atoms with van der Waals surface area (Å²) in [5.41, 5.74) is 1.49. The summed E-state index contributed by atoms with van der Waals surface area (Å²) >= 11 is 0. The molecule has 0 bridgehead atoms. The minimum Gasteiger partial charge on any atom is -0.326 e. The Hall–Kier alpha value is -1.84. The number of aryl methyl sites for hydroxylation is 1. The first-order valence-electron chi connectivity index (χ1n) is 5.39. The van der Waals surface area contributed by atoms with E-state index in [1.165, 1.54) is 6.07 Å². The van der Waals surface area contributed by atoms with Gasteiger partial charge in [-0.05, 0) is 30.2 Å². The summed E-state index contributed by atoms with van der Waals surface area (Å²) < 4.78 is 26.0. The van der Waals surface area contributed by atoms with Crippen LogP contribution in [0.5, 0.6) is 0 Å². The first-order valence-corrected chi connectivity index (χ1v) is 6.87. The number of nitrogens with one attached hydrogen (secondary N) is 2. The van der Waals surface area contributed by atoms with E-state index in [0.29, 0.717) is 18.5 Å². The van der Waals surface area contributed by atoms with Crippen LogP contribution in [0.3, 0.4) is 0 Å². The molecule has 2 rings (SSSR count). The highest BCUT2D eigenvalue weighted by Crippen LogP contribution is 2.25. The van der Waals surface area contributed by atoms with Gasteiger partial charge in [-0.15, -0.1) is 6.42 Å². The van der Waals surface area contributed by atoms with Gasteiger partial charge in [0, 0.05) is 12.1 Å². The standard InChI is InChI=1S/C12H12N2O3S/c1-2-7-13-18(16,17)10-4-5-11-9(8-10)3-6-12(15)14-11/h1,4-5,8,13H,3,6-7H2,(H,14,15). The van der Waals surface area contributed by atoms with E-state index in [0.717, 1.165) is 5.56 Å². The Balaban J connectivity index is 2.32. The molecule has 0 saturated heterocycles. The molecule has 1 aromatic rings. The smallest absolute Gasteiger partial charge is 0.241 e. The molecule has 0 fully saturated rings. The van der Waals surface area contributed by atoms with Gasteiger partial charge in [0.2, 0.25) is 15.9 Å². The molecule has 0 aliphatic carbocycles. The molecule has 0 atom stereocenters. The molecule has 5 nitrogen and oxygen atoms in total. The highest BCUT2D eigenvalue weighted by molar-refractivity contribution is 7.89. The van der Waals surface area contributed by atoms with Crippen molar-refractivity contribution in [3.8, 4) is 12.3 Å². The van der Waals surface area contributed by atoms with Gasteiger partial charge in [0.1, 0.15) is 0 Å². The number of anilines is 1. The van der Waals surface area contributed by atoms with Crippen LogP contribution in [0, 0.1) is 12.3 Å². The van der Waals surface area contributed by atoms with Gasteiger partial charge in [-0.25, -0.2) is 8.42 Å². The average Bonchev–Trinajstić information content (AvgIpc) is 2.35. The maximum Gasteiger partial charge on any atom is 0.241 e. The average molecular weight is 264 g/mol. The maximum absolute atomic E-state index is 11.8. The predicted octanol–water partition coefficient (Wildman–Crippen LogP) is 0.483. The molecular formula is C12H12N2O3S. The quantitative estimate of drug-likeness (QED) is 0.780. The Kier molecular flexibility index (Phi) is 3.36. The van der Waals surface area contributed by atoms with Crippen molar-refractivity contribution >= 4 is 21.6 Å². The fourth-order valence-corrected chi connectivity index (χ4v) is 2.73. The largest absolute Gasteiger partial charge is 0.326 e. The van der Waals surface area contributed by atoms with Gasteiger partial charge in [0.05, 0.1) is 11.4 Å². The van der Waals surface area contributed by atoms with E-state index in [4.69, 9.17) is 6.42 Å². The van der Waals surface area contributed by atoms with Crippen LogP contribution in [0.25, 0.3) is 0 Å². The third kappa shape index (κ3) is 2.53. The number of fused-ring (bicyclic) bond motifs is 1. The lowest BCUT2D eigenvalue weighted by molar-refractivity contribution is -0.116. The molecule has 1 aromatic carbocycles. The van der Waals surface area contributed by atoms with E-state index < -0.39 is 10.0 Å². The van der Waals surface area contributed by atoms with Gasteiger partial charge in [-0.3, -0.25) is 4.79 Å². The number of carbonyl (C=O) groups excluding carboxylic acids is 1. The highest BCUT2D eigenvalue weighted by atomic mass is 32.2. The molecule has 1 amide bonds. The second-order valence-electron chi connectivity index (χ2n) is 3.90. The van der Waals surface area contributed by atoms with Crippen molar-refractivity contribution in [1.82, 2.24) is 4.72 Å². The Morgan fingerprint density at radius 3 is 2.89 bits per heavy atom. The van der Waals surface area contributed by atoms with Crippen molar-refractivity contribution in [3.05, 3.63) is 23.8 Å². The van der Waals surface area contributed by atoms with Crippen molar-refractivity contribution < 1.29 is 13.2 Å². The van der Waals surface area contributed by atoms with Gasteiger partial charge in [0.25, 0.3) is 0 Å². The molecule has 0 spiro atoms. The highest BCUT2D eigenvalue weighted by Gasteiger charge is 2.19. The molecule has 1 aliphatic rings. The van der Waals surface area contributed by atoms with Gasteiger partial charge in [-0.1, -0.05) is 5.92 Å². The lowest BCUT2D eigenvalue weighted by Crippen LogP contribution is -2.25. The molecule has 0 unspecified atom stereocenters. The molecule has 0 radical (unpaired) electrons. The van der Waals surface area contributed by atoms with E-state index in [1.54, 1.807) is 12.1 Å². The normalized spacial score (nSPS) is 14.5. The molecule has 18 heavy (non-hydrogen) atoms. The first-order chi connectivity index (χ1) is 8.53. The summed E-state index contributed by atoms with van der Waals surface area (Å²) in [6.07, 6.45) is 5.93. The summed E-state index contributed by atoms with van der Waals surface area (Å²) in [7, 11) is -3.57. The zero-order chi connectivity index (χ0) is 13.2. The van der Waals surface area contributed by atoms with E-state index >= 15 is 0 Å². The Labute approximate surface area is 106 Å². The van der Waals surface area contributed by atoms with Crippen LogP contribution in [-0.4, -0.2) is 20.9 Å². The number of hydrogen-bond donors (Lipinski definition) is 2. The van der Waals surface area contributed by atoms with Crippen molar-refractivity contribution in [1.29, 1.82) is 0 Å². The second-order valence-corrected chi connectivity index (χ2v) is 5.66. The zero-order valence-electron chi connectivity index (χ0n) is 9.56. The molecule has 1 heterocycles. The third-order valence-electron chi connectivity index (χ3n) is 2.65. The molecule has 0 saturated carbocycles. The molecule has 6 heteroatoms. The van der Waals surface area contributed by atoms with Crippen molar-refractivity contribution in [2.45, 2.75) is 17.7 Å². The van der Waals surface area contributed by atoms with Gasteiger partial charge in [0.15, 0.2) is 0 Å². The fraction of sp³-hybridized carbons (Fsp3) is 0.250. The SMILES string of the molecule is C#CCNS(=O)(=O)c1ccc2c(c1)CCC(=O)N2. The predicted molar refractivity (Wildman–Crippen MR) is 67.4 cm³/mol. The maximum atomic E-state index is 11.8. The molecule has 1 aliphatic heterocycles. The number of terminal acetylenes is 1. The van der Waals surface area contributed by atoms with E-state index in [9.17, 15) is 13.2 Å². The van der Waals surface area contributed by atoms with Crippen LogP contribution in [0.4, 0.5) is 5.69 Å². The van der Waals surface area contributed by atoms with E-state index in [-0.39, 0.29) is 17.3 Å². The molecular weight excluding hydrogens is 252 g/mol.